The van der Waals surface area contributed by atoms with Gasteiger partial charge in [-0.2, -0.15) is 0 Å². The van der Waals surface area contributed by atoms with Gasteiger partial charge in [0.25, 0.3) is 0 Å². The van der Waals surface area contributed by atoms with E-state index in [1.165, 1.54) is 4.90 Å². The number of likely N-dealkylation sites (tertiary alicyclic amines) is 1. The lowest BCUT2D eigenvalue weighted by Crippen LogP contribution is -2.49. The zero-order chi connectivity index (χ0) is 14.6. The molecule has 3 amide bonds. The zero-order valence-electron chi connectivity index (χ0n) is 11.3. The first-order chi connectivity index (χ1) is 8.84. The van der Waals surface area contributed by atoms with Crippen molar-refractivity contribution < 1.29 is 19.5 Å². The minimum atomic E-state index is -0.942. The molecule has 0 aromatic rings. The Hall–Kier alpha value is -1.79. The second kappa shape index (κ2) is 6.40. The van der Waals surface area contributed by atoms with E-state index >= 15 is 0 Å². The predicted octanol–water partition coefficient (Wildman–Crippen LogP) is 0.00250. The van der Waals surface area contributed by atoms with E-state index in [0.29, 0.717) is 13.0 Å². The van der Waals surface area contributed by atoms with Gasteiger partial charge >= 0.3 is 12.0 Å². The summed E-state index contributed by atoms with van der Waals surface area (Å²) >= 11 is 0. The molecular formula is C12H21N3O4. The van der Waals surface area contributed by atoms with E-state index in [0.717, 1.165) is 6.42 Å². The summed E-state index contributed by atoms with van der Waals surface area (Å²) in [5.41, 5.74) is 5.22. The molecule has 1 saturated heterocycles. The monoisotopic (exact) mass is 271 g/mol. The van der Waals surface area contributed by atoms with Gasteiger partial charge in [0.2, 0.25) is 5.91 Å². The van der Waals surface area contributed by atoms with Crippen molar-refractivity contribution in [2.45, 2.75) is 32.7 Å². The smallest absolute Gasteiger partial charge is 0.318 e. The minimum Gasteiger partial charge on any atom is -0.481 e. The molecule has 1 heterocycles. The number of carboxylic acid groups (broad SMARTS) is 1. The molecule has 1 aliphatic rings. The standard InChI is InChI=1S/C12H21N3O4/c1-7(2)8(11(17)18)6-14-12(19)15-5-3-4-9(15)10(13)16/h7-9H,3-6H2,1-2H3,(H2,13,16)(H,14,19)(H,17,18). The molecule has 1 aliphatic heterocycles. The number of amides is 3. The van der Waals surface area contributed by atoms with Crippen LogP contribution in [0.1, 0.15) is 26.7 Å². The van der Waals surface area contributed by atoms with Crippen LogP contribution < -0.4 is 11.1 Å². The van der Waals surface area contributed by atoms with Crippen molar-refractivity contribution in [1.82, 2.24) is 10.2 Å². The maximum absolute atomic E-state index is 11.9. The van der Waals surface area contributed by atoms with Crippen molar-refractivity contribution in [2.75, 3.05) is 13.1 Å². The maximum atomic E-state index is 11.9. The lowest BCUT2D eigenvalue weighted by molar-refractivity contribution is -0.143. The number of rotatable bonds is 5. The molecular weight excluding hydrogens is 250 g/mol. The van der Waals surface area contributed by atoms with Crippen LogP contribution in [0, 0.1) is 11.8 Å². The molecule has 0 aromatic heterocycles. The summed E-state index contributed by atoms with van der Waals surface area (Å²) in [5.74, 6) is -2.18. The van der Waals surface area contributed by atoms with Gasteiger partial charge in [0.15, 0.2) is 0 Å². The number of carbonyl (C=O) groups excluding carboxylic acids is 2. The molecule has 0 bridgehead atoms. The Morgan fingerprint density at radius 2 is 2.05 bits per heavy atom. The number of nitrogens with two attached hydrogens (primary N) is 1. The van der Waals surface area contributed by atoms with E-state index in [2.05, 4.69) is 5.32 Å². The van der Waals surface area contributed by atoms with Crippen LogP contribution in [0.5, 0.6) is 0 Å². The summed E-state index contributed by atoms with van der Waals surface area (Å²) in [4.78, 5) is 35.5. The molecule has 0 spiro atoms. The number of nitrogens with one attached hydrogen (secondary N) is 1. The van der Waals surface area contributed by atoms with E-state index in [-0.39, 0.29) is 12.5 Å². The fraction of sp³-hybridized carbons (Fsp3) is 0.750. The predicted molar refractivity (Wildman–Crippen MR) is 68.3 cm³/mol. The summed E-state index contributed by atoms with van der Waals surface area (Å²) in [7, 11) is 0. The molecule has 0 radical (unpaired) electrons. The molecule has 19 heavy (non-hydrogen) atoms. The van der Waals surface area contributed by atoms with E-state index in [4.69, 9.17) is 10.8 Å². The highest BCUT2D eigenvalue weighted by atomic mass is 16.4. The van der Waals surface area contributed by atoms with Crippen molar-refractivity contribution >= 4 is 17.9 Å². The first kappa shape index (κ1) is 15.3. The highest BCUT2D eigenvalue weighted by Gasteiger charge is 2.33. The van der Waals surface area contributed by atoms with E-state index in [1.54, 1.807) is 13.8 Å². The first-order valence-corrected chi connectivity index (χ1v) is 6.41. The van der Waals surface area contributed by atoms with Crippen LogP contribution in [0.15, 0.2) is 0 Å². The second-order valence-electron chi connectivity index (χ2n) is 5.13. The lowest BCUT2D eigenvalue weighted by atomic mass is 9.96. The van der Waals surface area contributed by atoms with Gasteiger partial charge in [0.05, 0.1) is 5.92 Å². The molecule has 4 N–H and O–H groups in total. The topological polar surface area (TPSA) is 113 Å². The molecule has 0 aliphatic carbocycles. The van der Waals surface area contributed by atoms with Crippen LogP contribution in [0.3, 0.4) is 0 Å². The number of aliphatic carboxylic acids is 1. The Labute approximate surface area is 112 Å². The second-order valence-corrected chi connectivity index (χ2v) is 5.13. The third-order valence-corrected chi connectivity index (χ3v) is 3.44. The fourth-order valence-electron chi connectivity index (χ4n) is 2.21. The average Bonchev–Trinajstić information content (AvgIpc) is 2.76. The molecule has 0 saturated carbocycles. The van der Waals surface area contributed by atoms with Crippen molar-refractivity contribution in [3.05, 3.63) is 0 Å². The molecule has 7 nitrogen and oxygen atoms in total. The molecule has 0 aromatic carbocycles. The van der Waals surface area contributed by atoms with Crippen molar-refractivity contribution in [3.8, 4) is 0 Å². The van der Waals surface area contributed by atoms with E-state index in [9.17, 15) is 14.4 Å². The number of nitrogens with zero attached hydrogens (tertiary/aromatic N) is 1. The molecule has 2 unspecified atom stereocenters. The van der Waals surface area contributed by atoms with E-state index < -0.39 is 29.9 Å². The summed E-state index contributed by atoms with van der Waals surface area (Å²) < 4.78 is 0. The Bertz CT molecular complexity index is 370. The Morgan fingerprint density at radius 1 is 1.42 bits per heavy atom. The van der Waals surface area contributed by atoms with Gasteiger partial charge in [-0.3, -0.25) is 9.59 Å². The van der Waals surface area contributed by atoms with Gasteiger partial charge < -0.3 is 21.1 Å². The minimum absolute atomic E-state index is 0.0494. The Balaban J connectivity index is 2.55. The van der Waals surface area contributed by atoms with Gasteiger partial charge in [-0.15, -0.1) is 0 Å². The summed E-state index contributed by atoms with van der Waals surface area (Å²) in [6.07, 6.45) is 1.29. The summed E-state index contributed by atoms with van der Waals surface area (Å²) in [6, 6.07) is -1.00. The van der Waals surface area contributed by atoms with E-state index in [1.807, 2.05) is 0 Å². The van der Waals surface area contributed by atoms with Gasteiger partial charge in [-0.1, -0.05) is 13.8 Å². The highest BCUT2D eigenvalue weighted by Crippen LogP contribution is 2.17. The molecule has 2 atom stereocenters. The zero-order valence-corrected chi connectivity index (χ0v) is 11.3. The van der Waals surface area contributed by atoms with Crippen LogP contribution in [0.4, 0.5) is 4.79 Å². The van der Waals surface area contributed by atoms with Crippen molar-refractivity contribution in [3.63, 3.8) is 0 Å². The normalized spacial score (nSPS) is 20.4. The lowest BCUT2D eigenvalue weighted by Gasteiger charge is -2.24. The Morgan fingerprint density at radius 3 is 2.53 bits per heavy atom. The number of hydrogen-bond acceptors (Lipinski definition) is 3. The third kappa shape index (κ3) is 3.84. The van der Waals surface area contributed by atoms with Crippen LogP contribution in [-0.4, -0.2) is 47.0 Å². The summed E-state index contributed by atoms with van der Waals surface area (Å²) in [5, 5.41) is 11.6. The van der Waals surface area contributed by atoms with Crippen molar-refractivity contribution in [1.29, 1.82) is 0 Å². The largest absolute Gasteiger partial charge is 0.481 e. The van der Waals surface area contributed by atoms with Crippen LogP contribution >= 0.6 is 0 Å². The fourth-order valence-corrected chi connectivity index (χ4v) is 2.21. The van der Waals surface area contributed by atoms with Crippen LogP contribution in [0.2, 0.25) is 0 Å². The van der Waals surface area contributed by atoms with Crippen molar-refractivity contribution in [2.24, 2.45) is 17.6 Å². The highest BCUT2D eigenvalue weighted by molar-refractivity contribution is 5.86. The Kier molecular flexibility index (Phi) is 5.14. The molecule has 1 fully saturated rings. The van der Waals surface area contributed by atoms with Gasteiger partial charge in [-0.25, -0.2) is 4.79 Å². The summed E-state index contributed by atoms with van der Waals surface area (Å²) in [6.45, 7) is 4.09. The van der Waals surface area contributed by atoms with Gasteiger partial charge in [-0.05, 0) is 18.8 Å². The molecule has 1 rings (SSSR count). The number of urea groups is 1. The first-order valence-electron chi connectivity index (χ1n) is 6.41. The SMILES string of the molecule is CC(C)C(CNC(=O)N1CCCC1C(N)=O)C(=O)O. The number of hydrogen-bond donors (Lipinski definition) is 3. The van der Waals surface area contributed by atoms with Gasteiger partial charge in [0.1, 0.15) is 6.04 Å². The number of primary amides is 1. The van der Waals surface area contributed by atoms with Crippen LogP contribution in [0.25, 0.3) is 0 Å². The third-order valence-electron chi connectivity index (χ3n) is 3.44. The van der Waals surface area contributed by atoms with Crippen LogP contribution in [-0.2, 0) is 9.59 Å². The average molecular weight is 271 g/mol. The molecule has 7 heteroatoms. The number of carbonyl (C=O) groups is 3. The molecule has 108 valence electrons. The number of carboxylic acids is 1. The van der Waals surface area contributed by atoms with Gasteiger partial charge in [0, 0.05) is 13.1 Å². The maximum Gasteiger partial charge on any atom is 0.318 e. The quantitative estimate of drug-likeness (QED) is 0.653.